The number of carbonyl (C=O) groups excluding carboxylic acids is 2. The number of aliphatic carboxylic acids is 1. The SMILES string of the molecule is NC1=N[C@H](/C(=C\C(=O)O)[C@@H](C[C@H]2CCc3cc4ccc(CC=O)cc4cc3[C@@H]2CCC[C@@H](N)CC[C@H](C=O)CCC(O)O)[N-]c2ccc[nH]2)C[C@H](CO)N1. The van der Waals surface area contributed by atoms with Crippen LogP contribution in [0.1, 0.15) is 86.8 Å². The fraction of sp³-hybridized carbons (Fsp3) is 0.512. The van der Waals surface area contributed by atoms with Gasteiger partial charge in [-0.1, -0.05) is 60.9 Å². The number of fused-ring (bicyclic) bond motifs is 2. The first-order chi connectivity index (χ1) is 26.1. The third-order valence-electron chi connectivity index (χ3n) is 11.1. The molecule has 2 aliphatic rings. The van der Waals surface area contributed by atoms with Gasteiger partial charge in [-0.3, -0.25) is 0 Å². The Balaban J connectivity index is 1.44. The van der Waals surface area contributed by atoms with Gasteiger partial charge in [0.25, 0.3) is 0 Å². The lowest BCUT2D eigenvalue weighted by Crippen LogP contribution is -2.49. The molecule has 0 saturated carbocycles. The summed E-state index contributed by atoms with van der Waals surface area (Å²) in [4.78, 5) is 43.1. The van der Waals surface area contributed by atoms with Gasteiger partial charge in [0.15, 0.2) is 12.2 Å². The van der Waals surface area contributed by atoms with Gasteiger partial charge in [-0.05, 0) is 115 Å². The number of carboxylic acid groups (broad SMARTS) is 1. The lowest BCUT2D eigenvalue weighted by atomic mass is 9.69. The number of hydrogen-bond donors (Lipinski definition) is 8. The number of aryl methyl sites for hydroxylation is 1. The predicted molar refractivity (Wildman–Crippen MR) is 208 cm³/mol. The number of nitrogens with two attached hydrogens (primary N) is 2. The number of guanidine groups is 1. The molecule has 0 radical (unpaired) electrons. The lowest BCUT2D eigenvalue weighted by Gasteiger charge is -2.40. The van der Waals surface area contributed by atoms with Gasteiger partial charge < -0.3 is 57.1 Å². The highest BCUT2D eigenvalue weighted by Gasteiger charge is 2.34. The van der Waals surface area contributed by atoms with E-state index in [1.165, 1.54) is 17.2 Å². The van der Waals surface area contributed by atoms with Gasteiger partial charge in [0, 0.05) is 24.5 Å². The van der Waals surface area contributed by atoms with Gasteiger partial charge in [0.05, 0.1) is 18.7 Å². The van der Waals surface area contributed by atoms with E-state index in [0.717, 1.165) is 61.0 Å². The quantitative estimate of drug-likeness (QED) is 0.0438. The zero-order chi connectivity index (χ0) is 38.6. The number of hydrogen-bond acceptors (Lipinski definition) is 10. The summed E-state index contributed by atoms with van der Waals surface area (Å²) < 4.78 is 0. The van der Waals surface area contributed by atoms with Crippen LogP contribution in [0, 0.1) is 11.8 Å². The highest BCUT2D eigenvalue weighted by molar-refractivity contribution is 5.86. The van der Waals surface area contributed by atoms with Crippen LogP contribution in [0.4, 0.5) is 5.82 Å². The summed E-state index contributed by atoms with van der Waals surface area (Å²) >= 11 is 0. The standard InChI is InChI=1S/C41H55N6O7/c42-31(12-7-26(23-49)8-13-39(51)52)3-1-4-33-29(11-10-28-18-27-9-6-25(14-16-48)17-30(27)19-34(28)33)20-36(46-38-5-2-15-44-38)35(22-40(53)54)37-21-32(24-50)45-41(43)47-37/h2,5-6,9,15-19,22-23,26,29,31-33,36-37,39,44,50-52H,1,3-4,7-8,10-14,20-21,24,42H2,(H,53,54)(H3,43,45,47)/q-1/b35-22-/t26-,29+,31+,32+,33+,36+,37-/m0/s1. The Morgan fingerprint density at radius 1 is 1.06 bits per heavy atom. The number of aldehydes is 2. The van der Waals surface area contributed by atoms with Gasteiger partial charge in [0.1, 0.15) is 12.6 Å². The van der Waals surface area contributed by atoms with Crippen LogP contribution in [0.15, 0.2) is 65.3 Å². The zero-order valence-electron chi connectivity index (χ0n) is 30.7. The molecule has 0 saturated heterocycles. The molecule has 3 aromatic rings. The van der Waals surface area contributed by atoms with Crippen molar-refractivity contribution in [1.29, 1.82) is 0 Å². The van der Waals surface area contributed by atoms with E-state index in [1.54, 1.807) is 6.20 Å². The van der Waals surface area contributed by atoms with E-state index in [1.807, 2.05) is 18.2 Å². The first-order valence-electron chi connectivity index (χ1n) is 19.1. The fourth-order valence-corrected chi connectivity index (χ4v) is 8.28. The van der Waals surface area contributed by atoms with Crippen molar-refractivity contribution in [3.8, 4) is 0 Å². The van der Waals surface area contributed by atoms with E-state index in [9.17, 15) is 34.8 Å². The fourth-order valence-electron chi connectivity index (χ4n) is 8.28. The second-order valence-corrected chi connectivity index (χ2v) is 14.9. The van der Waals surface area contributed by atoms with Crippen LogP contribution < -0.4 is 16.8 Å². The summed E-state index contributed by atoms with van der Waals surface area (Å²) in [6.45, 7) is -0.181. The molecule has 0 fully saturated rings. The van der Waals surface area contributed by atoms with Gasteiger partial charge in [-0.15, -0.1) is 0 Å². The summed E-state index contributed by atoms with van der Waals surface area (Å²) in [5, 5.41) is 48.8. The Hall–Kier alpha value is -4.56. The Bertz CT molecular complexity index is 1760. The second kappa shape index (κ2) is 19.7. The number of carbonyl (C=O) groups is 3. The van der Waals surface area contributed by atoms with Crippen LogP contribution in [0.5, 0.6) is 0 Å². The summed E-state index contributed by atoms with van der Waals surface area (Å²) in [5.74, 6) is -0.390. The molecule has 10 N–H and O–H groups in total. The number of benzene rings is 2. The van der Waals surface area contributed by atoms with E-state index in [4.69, 9.17) is 16.8 Å². The number of nitrogens with one attached hydrogen (secondary N) is 2. The topological polar surface area (TPSA) is 238 Å². The minimum absolute atomic E-state index is 0.105. The maximum atomic E-state index is 12.4. The number of aliphatic hydroxyl groups excluding tert-OH is 2. The van der Waals surface area contributed by atoms with E-state index in [-0.39, 0.29) is 48.8 Å². The highest BCUT2D eigenvalue weighted by Crippen LogP contribution is 2.46. The number of H-pyrrole nitrogens is 1. The summed E-state index contributed by atoms with van der Waals surface area (Å²) in [6, 6.07) is 12.7. The molecular formula is C41H55N6O7-. The van der Waals surface area contributed by atoms with Crippen molar-refractivity contribution in [2.45, 2.75) is 113 Å². The number of aromatic amines is 1. The average Bonchev–Trinajstić information content (AvgIpc) is 3.66. The number of rotatable bonds is 21. The van der Waals surface area contributed by atoms with Crippen LogP contribution in [0.25, 0.3) is 16.1 Å². The molecule has 1 aliphatic heterocycles. The molecule has 13 nitrogen and oxygen atoms in total. The maximum absolute atomic E-state index is 12.4. The molecule has 0 unspecified atom stereocenters. The monoisotopic (exact) mass is 743 g/mol. The van der Waals surface area contributed by atoms with E-state index >= 15 is 0 Å². The lowest BCUT2D eigenvalue weighted by molar-refractivity contribution is -0.131. The Labute approximate surface area is 316 Å². The Kier molecular flexibility index (Phi) is 14.8. The zero-order valence-corrected chi connectivity index (χ0v) is 30.7. The van der Waals surface area contributed by atoms with Crippen molar-refractivity contribution in [2.24, 2.45) is 28.3 Å². The molecule has 0 amide bonds. The smallest absolute Gasteiger partial charge is 0.328 e. The number of aliphatic hydroxyl groups is 3. The van der Waals surface area contributed by atoms with Crippen molar-refractivity contribution < 1.29 is 34.8 Å². The van der Waals surface area contributed by atoms with Gasteiger partial charge in [-0.2, -0.15) is 0 Å². The third-order valence-corrected chi connectivity index (χ3v) is 11.1. The third kappa shape index (κ3) is 11.2. The molecule has 13 heteroatoms. The molecule has 0 bridgehead atoms. The van der Waals surface area contributed by atoms with Crippen LogP contribution in [0.2, 0.25) is 0 Å². The molecule has 5 rings (SSSR count). The Morgan fingerprint density at radius 3 is 2.57 bits per heavy atom. The van der Waals surface area contributed by atoms with Crippen LogP contribution in [0.3, 0.4) is 0 Å². The molecular weight excluding hydrogens is 688 g/mol. The number of carboxylic acids is 1. The van der Waals surface area contributed by atoms with Gasteiger partial charge in [0.2, 0.25) is 0 Å². The van der Waals surface area contributed by atoms with Crippen LogP contribution >= 0.6 is 0 Å². The molecule has 0 spiro atoms. The van der Waals surface area contributed by atoms with Crippen molar-refractivity contribution in [3.63, 3.8) is 0 Å². The van der Waals surface area contributed by atoms with Crippen molar-refractivity contribution >= 4 is 41.1 Å². The minimum Gasteiger partial charge on any atom is -0.478 e. The Morgan fingerprint density at radius 2 is 1.87 bits per heavy atom. The average molecular weight is 744 g/mol. The predicted octanol–water partition coefficient (Wildman–Crippen LogP) is 4.25. The molecule has 2 heterocycles. The van der Waals surface area contributed by atoms with E-state index in [2.05, 4.69) is 39.6 Å². The molecule has 292 valence electrons. The molecule has 7 atom stereocenters. The molecule has 2 aromatic carbocycles. The van der Waals surface area contributed by atoms with Crippen molar-refractivity contribution in [2.75, 3.05) is 6.61 Å². The van der Waals surface area contributed by atoms with E-state index in [0.29, 0.717) is 49.9 Å². The number of aliphatic imine (C=N–C) groups is 1. The highest BCUT2D eigenvalue weighted by atomic mass is 16.5. The molecule has 1 aliphatic carbocycles. The molecule has 54 heavy (non-hydrogen) atoms. The first kappa shape index (κ1) is 40.6. The van der Waals surface area contributed by atoms with Gasteiger partial charge >= 0.3 is 5.97 Å². The van der Waals surface area contributed by atoms with Crippen molar-refractivity contribution in [1.82, 2.24) is 10.3 Å². The molecule has 1 aromatic heterocycles. The second-order valence-electron chi connectivity index (χ2n) is 14.9. The van der Waals surface area contributed by atoms with Crippen molar-refractivity contribution in [3.05, 3.63) is 82.3 Å². The summed E-state index contributed by atoms with van der Waals surface area (Å²) in [6.07, 6.45) is 10.5. The van der Waals surface area contributed by atoms with Gasteiger partial charge in [-0.25, -0.2) is 9.79 Å². The van der Waals surface area contributed by atoms with Crippen LogP contribution in [-0.2, 0) is 27.2 Å². The number of nitrogens with zero attached hydrogens (tertiary/aromatic N) is 2. The first-order valence-corrected chi connectivity index (χ1v) is 19.1. The normalized spacial score (nSPS) is 21.8. The maximum Gasteiger partial charge on any atom is 0.328 e. The largest absolute Gasteiger partial charge is 0.478 e. The summed E-state index contributed by atoms with van der Waals surface area (Å²) in [7, 11) is 0. The summed E-state index contributed by atoms with van der Waals surface area (Å²) in [5.41, 5.74) is 16.7. The minimum atomic E-state index is -1.44. The van der Waals surface area contributed by atoms with E-state index < -0.39 is 24.3 Å². The van der Waals surface area contributed by atoms with Crippen LogP contribution in [-0.4, -0.2) is 87.0 Å². The number of aromatic nitrogens is 1.